The minimum absolute atomic E-state index is 0.183. The highest BCUT2D eigenvalue weighted by Crippen LogP contribution is 2.14. The molecule has 3 aromatic rings. The molecule has 0 heterocycles. The van der Waals surface area contributed by atoms with E-state index in [0.717, 1.165) is 22.4 Å². The van der Waals surface area contributed by atoms with Crippen molar-refractivity contribution < 1.29 is 4.79 Å². The fourth-order valence-corrected chi connectivity index (χ4v) is 3.16. The van der Waals surface area contributed by atoms with Crippen LogP contribution >= 0.6 is 34.8 Å². The topological polar surface area (TPSA) is 41.5 Å². The van der Waals surface area contributed by atoms with Gasteiger partial charge in [0.25, 0.3) is 0 Å². The van der Waals surface area contributed by atoms with Crippen LogP contribution in [0.1, 0.15) is 16.7 Å². The lowest BCUT2D eigenvalue weighted by atomic mass is 10.0. The smallest absolute Gasteiger partial charge is 0.244 e. The van der Waals surface area contributed by atoms with Crippen molar-refractivity contribution in [2.24, 2.45) is 5.10 Å². The van der Waals surface area contributed by atoms with Crippen molar-refractivity contribution in [2.75, 3.05) is 0 Å². The molecule has 1 N–H and O–H groups in total. The van der Waals surface area contributed by atoms with Crippen LogP contribution in [0.5, 0.6) is 0 Å². The first-order valence-electron chi connectivity index (χ1n) is 9.05. The van der Waals surface area contributed by atoms with Crippen molar-refractivity contribution in [1.82, 2.24) is 5.43 Å². The second-order valence-corrected chi connectivity index (χ2v) is 7.93. The zero-order chi connectivity index (χ0) is 20.6. The van der Waals surface area contributed by atoms with Crippen molar-refractivity contribution in [2.45, 2.75) is 19.3 Å². The average Bonchev–Trinajstić information content (AvgIpc) is 2.71. The molecular weight excluding hydrogens is 427 g/mol. The Morgan fingerprint density at radius 1 is 0.621 bits per heavy atom. The first-order chi connectivity index (χ1) is 14.0. The number of hydrogen-bond donors (Lipinski definition) is 1. The molecule has 0 unspecified atom stereocenters. The Balaban J connectivity index is 1.71. The van der Waals surface area contributed by atoms with E-state index in [9.17, 15) is 4.79 Å². The Bertz CT molecular complexity index is 933. The van der Waals surface area contributed by atoms with Gasteiger partial charge in [-0.25, -0.2) is 5.43 Å². The SMILES string of the molecule is O=C(Cc1ccc(Cl)cc1)NN=C(Cc1ccc(Cl)cc1)Cc1ccc(Cl)cc1. The van der Waals surface area contributed by atoms with Crippen LogP contribution in [0.4, 0.5) is 0 Å². The molecule has 6 heteroatoms. The van der Waals surface area contributed by atoms with Gasteiger partial charge in [0.05, 0.1) is 6.42 Å². The van der Waals surface area contributed by atoms with Crippen molar-refractivity contribution >= 4 is 46.4 Å². The largest absolute Gasteiger partial charge is 0.273 e. The zero-order valence-corrected chi connectivity index (χ0v) is 17.8. The summed E-state index contributed by atoms with van der Waals surface area (Å²) >= 11 is 17.8. The van der Waals surface area contributed by atoms with Crippen LogP contribution < -0.4 is 5.43 Å². The van der Waals surface area contributed by atoms with E-state index < -0.39 is 0 Å². The molecule has 0 radical (unpaired) electrons. The van der Waals surface area contributed by atoms with Gasteiger partial charge in [-0.15, -0.1) is 0 Å². The predicted molar refractivity (Wildman–Crippen MR) is 121 cm³/mol. The molecule has 0 aliphatic rings. The summed E-state index contributed by atoms with van der Waals surface area (Å²) in [6.45, 7) is 0. The molecule has 148 valence electrons. The summed E-state index contributed by atoms with van der Waals surface area (Å²) in [4.78, 5) is 12.3. The van der Waals surface area contributed by atoms with E-state index in [1.165, 1.54) is 0 Å². The number of nitrogens with zero attached hydrogens (tertiary/aromatic N) is 1. The molecule has 1 amide bonds. The van der Waals surface area contributed by atoms with E-state index in [2.05, 4.69) is 10.5 Å². The van der Waals surface area contributed by atoms with Crippen molar-refractivity contribution in [3.63, 3.8) is 0 Å². The molecule has 0 saturated carbocycles. The standard InChI is InChI=1S/C23H19Cl3N2O/c24-19-7-1-16(2-8-19)13-22(14-17-3-9-20(25)10-4-17)27-28-23(29)15-18-5-11-21(26)12-6-18/h1-12H,13-15H2,(H,28,29). The van der Waals surface area contributed by atoms with Crippen molar-refractivity contribution in [1.29, 1.82) is 0 Å². The number of amides is 1. The maximum atomic E-state index is 12.3. The minimum Gasteiger partial charge on any atom is -0.273 e. The molecule has 29 heavy (non-hydrogen) atoms. The third-order valence-electron chi connectivity index (χ3n) is 4.26. The monoisotopic (exact) mass is 444 g/mol. The first-order valence-corrected chi connectivity index (χ1v) is 10.2. The maximum Gasteiger partial charge on any atom is 0.244 e. The van der Waals surface area contributed by atoms with Gasteiger partial charge in [-0.1, -0.05) is 71.2 Å². The maximum absolute atomic E-state index is 12.3. The molecule has 0 bridgehead atoms. The Morgan fingerprint density at radius 2 is 0.966 bits per heavy atom. The van der Waals surface area contributed by atoms with Gasteiger partial charge >= 0.3 is 0 Å². The van der Waals surface area contributed by atoms with Crippen LogP contribution in [0.25, 0.3) is 0 Å². The van der Waals surface area contributed by atoms with Gasteiger partial charge in [0, 0.05) is 33.6 Å². The van der Waals surface area contributed by atoms with E-state index in [-0.39, 0.29) is 12.3 Å². The second kappa shape index (κ2) is 10.4. The van der Waals surface area contributed by atoms with Gasteiger partial charge in [0.15, 0.2) is 0 Å². The average molecular weight is 446 g/mol. The van der Waals surface area contributed by atoms with E-state index in [1.54, 1.807) is 12.1 Å². The Hall–Kier alpha value is -2.33. The molecule has 3 aromatic carbocycles. The lowest BCUT2D eigenvalue weighted by Gasteiger charge is -2.09. The quantitative estimate of drug-likeness (QED) is 0.344. The summed E-state index contributed by atoms with van der Waals surface area (Å²) in [5.41, 5.74) is 6.51. The fraction of sp³-hybridized carbons (Fsp3) is 0.130. The molecule has 3 rings (SSSR count). The van der Waals surface area contributed by atoms with Gasteiger partial charge in [-0.3, -0.25) is 4.79 Å². The number of halogens is 3. The van der Waals surface area contributed by atoms with Crippen LogP contribution in [0, 0.1) is 0 Å². The lowest BCUT2D eigenvalue weighted by molar-refractivity contribution is -0.120. The summed E-state index contributed by atoms with van der Waals surface area (Å²) in [6.07, 6.45) is 1.43. The third kappa shape index (κ3) is 7.21. The fourth-order valence-electron chi connectivity index (χ4n) is 2.79. The molecular formula is C23H19Cl3N2O. The summed E-state index contributed by atoms with van der Waals surface area (Å²) in [6, 6.07) is 22.4. The Labute approximate surface area is 185 Å². The van der Waals surface area contributed by atoms with E-state index in [0.29, 0.717) is 27.9 Å². The molecule has 0 fully saturated rings. The zero-order valence-electron chi connectivity index (χ0n) is 15.5. The highest BCUT2D eigenvalue weighted by atomic mass is 35.5. The van der Waals surface area contributed by atoms with Crippen LogP contribution in [0.2, 0.25) is 15.1 Å². The molecule has 0 aromatic heterocycles. The van der Waals surface area contributed by atoms with Crippen molar-refractivity contribution in [3.05, 3.63) is 105 Å². The highest BCUT2D eigenvalue weighted by Gasteiger charge is 2.07. The number of benzene rings is 3. The number of hydrazone groups is 1. The molecule has 3 nitrogen and oxygen atoms in total. The Morgan fingerprint density at radius 3 is 1.34 bits per heavy atom. The lowest BCUT2D eigenvalue weighted by Crippen LogP contribution is -2.23. The second-order valence-electron chi connectivity index (χ2n) is 6.62. The van der Waals surface area contributed by atoms with Gasteiger partial charge < -0.3 is 0 Å². The summed E-state index contributed by atoms with van der Waals surface area (Å²) in [7, 11) is 0. The van der Waals surface area contributed by atoms with E-state index >= 15 is 0 Å². The summed E-state index contributed by atoms with van der Waals surface area (Å²) < 4.78 is 0. The highest BCUT2D eigenvalue weighted by molar-refractivity contribution is 6.31. The molecule has 0 aliphatic heterocycles. The van der Waals surface area contributed by atoms with Gasteiger partial charge in [0.1, 0.15) is 0 Å². The predicted octanol–water partition coefficient (Wildman–Crippen LogP) is 6.15. The van der Waals surface area contributed by atoms with Gasteiger partial charge in [-0.05, 0) is 53.1 Å². The number of carbonyl (C=O) groups excluding carboxylic acids is 1. The third-order valence-corrected chi connectivity index (χ3v) is 5.02. The molecule has 0 atom stereocenters. The Kier molecular flexibility index (Phi) is 7.70. The summed E-state index contributed by atoms with van der Waals surface area (Å²) in [5, 5.41) is 6.40. The number of rotatable bonds is 7. The van der Waals surface area contributed by atoms with E-state index in [1.807, 2.05) is 60.7 Å². The van der Waals surface area contributed by atoms with Crippen LogP contribution in [-0.2, 0) is 24.1 Å². The normalized spacial score (nSPS) is 10.4. The molecule has 0 saturated heterocycles. The molecule has 0 spiro atoms. The van der Waals surface area contributed by atoms with Crippen LogP contribution in [0.3, 0.4) is 0 Å². The van der Waals surface area contributed by atoms with Gasteiger partial charge in [-0.2, -0.15) is 5.10 Å². The van der Waals surface area contributed by atoms with Crippen LogP contribution in [-0.4, -0.2) is 11.6 Å². The van der Waals surface area contributed by atoms with Gasteiger partial charge in [0.2, 0.25) is 5.91 Å². The number of hydrogen-bond acceptors (Lipinski definition) is 2. The van der Waals surface area contributed by atoms with Crippen LogP contribution in [0.15, 0.2) is 77.9 Å². The van der Waals surface area contributed by atoms with E-state index in [4.69, 9.17) is 34.8 Å². The number of carbonyl (C=O) groups is 1. The minimum atomic E-state index is -0.183. The van der Waals surface area contributed by atoms with Crippen molar-refractivity contribution in [3.8, 4) is 0 Å². The molecule has 0 aliphatic carbocycles. The summed E-state index contributed by atoms with van der Waals surface area (Å²) in [5.74, 6) is -0.183. The first kappa shape index (κ1) is 21.4. The number of nitrogens with one attached hydrogen (secondary N) is 1.